The average molecular weight is 365 g/mol. The van der Waals surface area contributed by atoms with Gasteiger partial charge in [-0.3, -0.25) is 9.59 Å². The van der Waals surface area contributed by atoms with Gasteiger partial charge in [-0.05, 0) is 30.7 Å². The van der Waals surface area contributed by atoms with E-state index in [9.17, 15) is 22.6 Å². The molecule has 0 atom stereocenters. The van der Waals surface area contributed by atoms with Crippen molar-refractivity contribution in [3.05, 3.63) is 53.9 Å². The summed E-state index contributed by atoms with van der Waals surface area (Å²) >= 11 is 0. The third kappa shape index (κ3) is 6.44. The van der Waals surface area contributed by atoms with Crippen molar-refractivity contribution in [3.8, 4) is 5.75 Å². The van der Waals surface area contributed by atoms with Gasteiger partial charge in [-0.1, -0.05) is 6.07 Å². The number of ketones is 2. The molecule has 0 bridgehead atoms. The van der Waals surface area contributed by atoms with Gasteiger partial charge in [0.25, 0.3) is 0 Å². The lowest BCUT2D eigenvalue weighted by Crippen LogP contribution is -2.42. The summed E-state index contributed by atoms with van der Waals surface area (Å²) in [4.78, 5) is 21.6. The molecule has 0 spiro atoms. The molecule has 0 aliphatic heterocycles. The predicted octanol–water partition coefficient (Wildman–Crippen LogP) is 1.37. The molecule has 1 heterocycles. The molecule has 25 heavy (non-hydrogen) atoms. The summed E-state index contributed by atoms with van der Waals surface area (Å²) < 4.78 is 33.3. The fourth-order valence-electron chi connectivity index (χ4n) is 2.03. The number of phenolic OH excluding ortho intramolecular Hbond substituents is 1. The Morgan fingerprint density at radius 1 is 1.16 bits per heavy atom. The molecule has 1 aromatic carbocycles. The van der Waals surface area contributed by atoms with Crippen molar-refractivity contribution < 1.29 is 32.2 Å². The molecule has 0 saturated carbocycles. The SMILES string of the molecule is CC(=O)C[n+]1ccccc1C(C)=O.Cc1ccc(O)cc1S(=O)(=O)[O-]. The van der Waals surface area contributed by atoms with Crippen molar-refractivity contribution >= 4 is 21.7 Å². The quantitative estimate of drug-likeness (QED) is 0.497. The molecule has 0 unspecified atom stereocenters. The van der Waals surface area contributed by atoms with Gasteiger partial charge in [0.05, 0.1) is 4.90 Å². The van der Waals surface area contributed by atoms with Crippen molar-refractivity contribution in [1.82, 2.24) is 0 Å². The molecule has 8 heteroatoms. The number of aryl methyl sites for hydroxylation is 1. The molecule has 0 aliphatic carbocycles. The summed E-state index contributed by atoms with van der Waals surface area (Å²) in [6.45, 7) is 4.75. The normalized spacial score (nSPS) is 10.6. The third-order valence-corrected chi connectivity index (χ3v) is 4.11. The third-order valence-electron chi connectivity index (χ3n) is 3.14. The van der Waals surface area contributed by atoms with Crippen LogP contribution in [0.15, 0.2) is 47.5 Å². The highest BCUT2D eigenvalue weighted by Crippen LogP contribution is 2.19. The largest absolute Gasteiger partial charge is 0.744 e. The smallest absolute Gasteiger partial charge is 0.248 e. The Morgan fingerprint density at radius 2 is 1.80 bits per heavy atom. The zero-order valence-electron chi connectivity index (χ0n) is 14.1. The van der Waals surface area contributed by atoms with Gasteiger partial charge in [-0.25, -0.2) is 8.42 Å². The van der Waals surface area contributed by atoms with Gasteiger partial charge in [-0.2, -0.15) is 4.57 Å². The van der Waals surface area contributed by atoms with E-state index < -0.39 is 10.1 Å². The highest BCUT2D eigenvalue weighted by Gasteiger charge is 2.14. The maximum atomic E-state index is 11.1. The fraction of sp³-hybridized carbons (Fsp3) is 0.235. The lowest BCUT2D eigenvalue weighted by atomic mass is 10.2. The topological polar surface area (TPSA) is 115 Å². The van der Waals surface area contributed by atoms with E-state index in [1.165, 1.54) is 32.9 Å². The van der Waals surface area contributed by atoms with Crippen LogP contribution in [-0.2, 0) is 21.5 Å². The fourth-order valence-corrected chi connectivity index (χ4v) is 2.76. The number of aromatic nitrogens is 1. The minimum atomic E-state index is -4.47. The average Bonchev–Trinajstić information content (AvgIpc) is 2.49. The molecule has 0 aliphatic rings. The van der Waals surface area contributed by atoms with Crippen LogP contribution < -0.4 is 4.57 Å². The number of carbonyl (C=O) groups is 2. The maximum absolute atomic E-state index is 11.1. The van der Waals surface area contributed by atoms with E-state index in [4.69, 9.17) is 5.11 Å². The van der Waals surface area contributed by atoms with E-state index >= 15 is 0 Å². The Balaban J connectivity index is 0.000000251. The van der Waals surface area contributed by atoms with Gasteiger partial charge in [0, 0.05) is 26.0 Å². The van der Waals surface area contributed by atoms with E-state index in [1.807, 2.05) is 0 Å². The lowest BCUT2D eigenvalue weighted by Gasteiger charge is -2.09. The standard InChI is InChI=1S/C10H12NO2.C7H8O4S/c1-8(12)7-11-6-4-3-5-10(11)9(2)13;1-5-2-3-6(8)4-7(5)12(9,10)11/h3-6H,7H2,1-2H3;2-4,8H,1H3,(H,9,10,11)/q+1;/p-1. The summed E-state index contributed by atoms with van der Waals surface area (Å²) in [5.74, 6) is -0.212. The molecule has 7 nitrogen and oxygen atoms in total. The molecule has 2 aromatic rings. The number of rotatable bonds is 4. The minimum absolute atomic E-state index is 0.0261. The number of hydrogen-bond acceptors (Lipinski definition) is 6. The lowest BCUT2D eigenvalue weighted by molar-refractivity contribution is -0.686. The van der Waals surface area contributed by atoms with Gasteiger partial charge in [0.15, 0.2) is 12.0 Å². The summed E-state index contributed by atoms with van der Waals surface area (Å²) in [5, 5.41) is 8.90. The predicted molar refractivity (Wildman–Crippen MR) is 88.1 cm³/mol. The monoisotopic (exact) mass is 365 g/mol. The van der Waals surface area contributed by atoms with Crippen molar-refractivity contribution in [2.75, 3.05) is 0 Å². The Morgan fingerprint density at radius 3 is 2.28 bits per heavy atom. The highest BCUT2D eigenvalue weighted by molar-refractivity contribution is 7.85. The summed E-state index contributed by atoms with van der Waals surface area (Å²) in [6, 6.07) is 8.94. The van der Waals surface area contributed by atoms with Crippen molar-refractivity contribution in [2.45, 2.75) is 32.2 Å². The minimum Gasteiger partial charge on any atom is -0.744 e. The second-order valence-electron chi connectivity index (χ2n) is 5.38. The number of Topliss-reactive ketones (excluding diaryl/α,β-unsaturated/α-hetero) is 2. The van der Waals surface area contributed by atoms with Gasteiger partial charge in [-0.15, -0.1) is 0 Å². The van der Waals surface area contributed by atoms with Crippen molar-refractivity contribution in [1.29, 1.82) is 0 Å². The number of hydrogen-bond donors (Lipinski definition) is 1. The van der Waals surface area contributed by atoms with Gasteiger partial charge < -0.3 is 9.66 Å². The van der Waals surface area contributed by atoms with Gasteiger partial charge in [0.1, 0.15) is 15.9 Å². The van der Waals surface area contributed by atoms with Crippen LogP contribution in [0.5, 0.6) is 5.75 Å². The summed E-state index contributed by atoms with van der Waals surface area (Å²) in [5.41, 5.74) is 0.903. The van der Waals surface area contributed by atoms with Crippen LogP contribution in [0.4, 0.5) is 0 Å². The Hall–Kier alpha value is -2.58. The second-order valence-corrected chi connectivity index (χ2v) is 6.72. The number of pyridine rings is 1. The van der Waals surface area contributed by atoms with Crippen LogP contribution in [0, 0.1) is 6.92 Å². The second kappa shape index (κ2) is 8.50. The molecule has 0 saturated heterocycles. The molecule has 1 N–H and O–H groups in total. The Labute approximate surface area is 146 Å². The first-order valence-electron chi connectivity index (χ1n) is 7.26. The number of carbonyl (C=O) groups excluding carboxylic acids is 2. The molecule has 0 radical (unpaired) electrons. The van der Waals surface area contributed by atoms with Crippen LogP contribution in [0.25, 0.3) is 0 Å². The van der Waals surface area contributed by atoms with E-state index in [0.29, 0.717) is 11.3 Å². The molecular weight excluding hydrogens is 346 g/mol. The van der Waals surface area contributed by atoms with E-state index in [0.717, 1.165) is 6.07 Å². The summed E-state index contributed by atoms with van der Waals surface area (Å²) in [7, 11) is -4.47. The first-order chi connectivity index (χ1) is 11.5. The number of aromatic hydroxyl groups is 1. The summed E-state index contributed by atoms with van der Waals surface area (Å²) in [6.07, 6.45) is 1.73. The maximum Gasteiger partial charge on any atom is 0.248 e. The molecule has 1 aromatic heterocycles. The number of benzene rings is 1. The van der Waals surface area contributed by atoms with E-state index in [2.05, 4.69) is 0 Å². The zero-order valence-corrected chi connectivity index (χ0v) is 14.9. The molecule has 0 fully saturated rings. The number of nitrogens with zero attached hydrogens (tertiary/aromatic N) is 1. The van der Waals surface area contributed by atoms with Crippen molar-refractivity contribution in [3.63, 3.8) is 0 Å². The van der Waals surface area contributed by atoms with E-state index in [-0.39, 0.29) is 28.8 Å². The Kier molecular flexibility index (Phi) is 6.96. The molecule has 134 valence electrons. The van der Waals surface area contributed by atoms with Gasteiger partial charge >= 0.3 is 0 Å². The van der Waals surface area contributed by atoms with E-state index in [1.54, 1.807) is 29.0 Å². The first kappa shape index (κ1) is 20.5. The zero-order chi connectivity index (χ0) is 19.2. The Bertz CT molecular complexity index is 890. The molecule has 0 amide bonds. The van der Waals surface area contributed by atoms with Crippen LogP contribution in [0.3, 0.4) is 0 Å². The first-order valence-corrected chi connectivity index (χ1v) is 8.67. The number of phenols is 1. The molecule has 2 rings (SSSR count). The van der Waals surface area contributed by atoms with Gasteiger partial charge in [0.2, 0.25) is 18.0 Å². The van der Waals surface area contributed by atoms with Crippen LogP contribution in [0.2, 0.25) is 0 Å². The van der Waals surface area contributed by atoms with Crippen molar-refractivity contribution in [2.24, 2.45) is 0 Å². The van der Waals surface area contributed by atoms with Crippen LogP contribution in [-0.4, -0.2) is 29.6 Å². The van der Waals surface area contributed by atoms with Crippen LogP contribution in [0.1, 0.15) is 29.9 Å². The highest BCUT2D eigenvalue weighted by atomic mass is 32.2. The van der Waals surface area contributed by atoms with Crippen LogP contribution >= 0.6 is 0 Å². The molecular formula is C17H19NO6S.